The second-order valence-corrected chi connectivity index (χ2v) is 5.23. The Morgan fingerprint density at radius 1 is 0.913 bits per heavy atom. The molecule has 9 nitrogen and oxygen atoms in total. The summed E-state index contributed by atoms with van der Waals surface area (Å²) in [7, 11) is 0. The standard InChI is InChI=1S/C14H21NO8/c1-6(16)12-11(15)14(22-9(4)19)13(21-8(3)18)10(23-12)5-20-7(2)17/h10-14H,5,15H2,1-4H3/t10-,11-,12+,13-,14-/m1/s1. The molecule has 23 heavy (non-hydrogen) atoms. The van der Waals surface area contributed by atoms with Gasteiger partial charge < -0.3 is 24.7 Å². The summed E-state index contributed by atoms with van der Waals surface area (Å²) >= 11 is 0. The molecule has 0 amide bonds. The van der Waals surface area contributed by atoms with Crippen LogP contribution in [0.2, 0.25) is 0 Å². The maximum atomic E-state index is 11.7. The van der Waals surface area contributed by atoms with E-state index in [1.54, 1.807) is 0 Å². The monoisotopic (exact) mass is 331 g/mol. The summed E-state index contributed by atoms with van der Waals surface area (Å²) in [5.41, 5.74) is 5.93. The average molecular weight is 331 g/mol. The van der Waals surface area contributed by atoms with Crippen molar-refractivity contribution >= 4 is 23.7 Å². The fraction of sp³-hybridized carbons (Fsp3) is 0.714. The van der Waals surface area contributed by atoms with Gasteiger partial charge in [0.2, 0.25) is 0 Å². The highest BCUT2D eigenvalue weighted by Crippen LogP contribution is 2.26. The summed E-state index contributed by atoms with van der Waals surface area (Å²) in [5, 5.41) is 0. The molecule has 5 atom stereocenters. The zero-order valence-electron chi connectivity index (χ0n) is 13.4. The number of Topliss-reactive ketones (excluding diaryl/α,β-unsaturated/α-hetero) is 1. The largest absolute Gasteiger partial charge is 0.463 e. The minimum atomic E-state index is -1.10. The predicted octanol–water partition coefficient (Wildman–Crippen LogP) is -0.903. The third-order valence-corrected chi connectivity index (χ3v) is 3.20. The summed E-state index contributed by atoms with van der Waals surface area (Å²) in [6, 6.07) is -1.02. The Labute approximate surface area is 133 Å². The van der Waals surface area contributed by atoms with Gasteiger partial charge >= 0.3 is 17.9 Å². The lowest BCUT2D eigenvalue weighted by Gasteiger charge is -2.43. The molecular weight excluding hydrogens is 310 g/mol. The van der Waals surface area contributed by atoms with Gasteiger partial charge in [0.05, 0.1) is 6.04 Å². The molecule has 0 aromatic carbocycles. The SMILES string of the molecule is CC(=O)OC[C@H]1O[C@@H](C(C)=O)[C@@H](N)[C@@H](OC(C)=O)[C@@H]1OC(C)=O. The van der Waals surface area contributed by atoms with Crippen LogP contribution in [0.5, 0.6) is 0 Å². The number of ether oxygens (including phenoxy) is 4. The number of ketones is 1. The van der Waals surface area contributed by atoms with E-state index in [1.165, 1.54) is 13.8 Å². The number of hydrogen-bond donors (Lipinski definition) is 1. The first-order valence-electron chi connectivity index (χ1n) is 7.02. The van der Waals surface area contributed by atoms with Crippen molar-refractivity contribution in [2.45, 2.75) is 58.2 Å². The van der Waals surface area contributed by atoms with Gasteiger partial charge in [-0.25, -0.2) is 0 Å². The second-order valence-electron chi connectivity index (χ2n) is 5.23. The highest BCUT2D eigenvalue weighted by Gasteiger charge is 2.50. The van der Waals surface area contributed by atoms with Gasteiger partial charge in [-0.1, -0.05) is 0 Å². The maximum Gasteiger partial charge on any atom is 0.303 e. The first kappa shape index (κ1) is 19.0. The lowest BCUT2D eigenvalue weighted by atomic mass is 9.91. The summed E-state index contributed by atoms with van der Waals surface area (Å²) in [4.78, 5) is 45.3. The molecule has 1 saturated heterocycles. The topological polar surface area (TPSA) is 131 Å². The van der Waals surface area contributed by atoms with Gasteiger partial charge in [-0.05, 0) is 6.92 Å². The Morgan fingerprint density at radius 3 is 1.87 bits per heavy atom. The molecule has 0 unspecified atom stereocenters. The van der Waals surface area contributed by atoms with Gasteiger partial charge in [-0.2, -0.15) is 0 Å². The Kier molecular flexibility index (Phi) is 6.64. The van der Waals surface area contributed by atoms with Gasteiger partial charge in [0.15, 0.2) is 18.0 Å². The fourth-order valence-electron chi connectivity index (χ4n) is 2.33. The Bertz CT molecular complexity index is 491. The number of carbonyl (C=O) groups excluding carboxylic acids is 4. The van der Waals surface area contributed by atoms with Crippen molar-refractivity contribution in [2.24, 2.45) is 5.73 Å². The number of esters is 3. The van der Waals surface area contributed by atoms with Crippen molar-refractivity contribution in [3.05, 3.63) is 0 Å². The molecule has 0 spiro atoms. The van der Waals surface area contributed by atoms with E-state index in [0.29, 0.717) is 0 Å². The molecule has 0 aliphatic carbocycles. The van der Waals surface area contributed by atoms with E-state index in [1.807, 2.05) is 0 Å². The lowest BCUT2D eigenvalue weighted by Crippen LogP contribution is -2.65. The van der Waals surface area contributed by atoms with Gasteiger partial charge in [0, 0.05) is 20.8 Å². The van der Waals surface area contributed by atoms with Crippen LogP contribution in [-0.4, -0.2) is 60.8 Å². The maximum absolute atomic E-state index is 11.7. The summed E-state index contributed by atoms with van der Waals surface area (Å²) < 4.78 is 20.6. The first-order chi connectivity index (χ1) is 10.6. The minimum absolute atomic E-state index is 0.276. The number of carbonyl (C=O) groups is 4. The molecule has 1 fully saturated rings. The Hall–Kier alpha value is -2.00. The van der Waals surface area contributed by atoms with Crippen LogP contribution in [0, 0.1) is 0 Å². The molecule has 1 aliphatic rings. The molecule has 2 N–H and O–H groups in total. The number of nitrogens with two attached hydrogens (primary N) is 1. The van der Waals surface area contributed by atoms with Crippen molar-refractivity contribution < 1.29 is 38.1 Å². The second kappa shape index (κ2) is 8.02. The lowest BCUT2D eigenvalue weighted by molar-refractivity contribution is -0.218. The molecule has 130 valence electrons. The van der Waals surface area contributed by atoms with Crippen LogP contribution in [-0.2, 0) is 38.1 Å². The van der Waals surface area contributed by atoms with E-state index in [0.717, 1.165) is 13.8 Å². The molecule has 0 aromatic heterocycles. The molecule has 0 saturated carbocycles. The van der Waals surface area contributed by atoms with Crippen molar-refractivity contribution in [2.75, 3.05) is 6.61 Å². The summed E-state index contributed by atoms with van der Waals surface area (Å²) in [5.74, 6) is -2.27. The van der Waals surface area contributed by atoms with Crippen LogP contribution in [0.4, 0.5) is 0 Å². The van der Waals surface area contributed by atoms with E-state index in [2.05, 4.69) is 0 Å². The van der Waals surface area contributed by atoms with Gasteiger partial charge in [0.25, 0.3) is 0 Å². The first-order valence-corrected chi connectivity index (χ1v) is 7.02. The summed E-state index contributed by atoms with van der Waals surface area (Å²) in [6.45, 7) is 4.51. The Balaban J connectivity index is 3.10. The third kappa shape index (κ3) is 5.29. The van der Waals surface area contributed by atoms with Gasteiger partial charge in [-0.3, -0.25) is 19.2 Å². The fourth-order valence-corrected chi connectivity index (χ4v) is 2.33. The highest BCUT2D eigenvalue weighted by atomic mass is 16.6. The van der Waals surface area contributed by atoms with E-state index < -0.39 is 48.4 Å². The zero-order chi connectivity index (χ0) is 17.7. The number of rotatable bonds is 5. The van der Waals surface area contributed by atoms with Crippen molar-refractivity contribution in [3.63, 3.8) is 0 Å². The van der Waals surface area contributed by atoms with Gasteiger partial charge in [0.1, 0.15) is 18.8 Å². The quantitative estimate of drug-likeness (QED) is 0.502. The molecule has 0 bridgehead atoms. The smallest absolute Gasteiger partial charge is 0.303 e. The molecule has 1 aliphatic heterocycles. The molecule has 9 heteroatoms. The van der Waals surface area contributed by atoms with Crippen LogP contribution in [0.1, 0.15) is 27.7 Å². The van der Waals surface area contributed by atoms with Crippen LogP contribution in [0.3, 0.4) is 0 Å². The van der Waals surface area contributed by atoms with E-state index >= 15 is 0 Å². The summed E-state index contributed by atoms with van der Waals surface area (Å²) in [6.07, 6.45) is -4.26. The highest BCUT2D eigenvalue weighted by molar-refractivity contribution is 5.81. The van der Waals surface area contributed by atoms with Crippen LogP contribution in [0.15, 0.2) is 0 Å². The van der Waals surface area contributed by atoms with E-state index in [9.17, 15) is 19.2 Å². The van der Waals surface area contributed by atoms with Gasteiger partial charge in [-0.15, -0.1) is 0 Å². The molecule has 0 radical (unpaired) electrons. The predicted molar refractivity (Wildman–Crippen MR) is 75.1 cm³/mol. The molecule has 1 rings (SSSR count). The average Bonchev–Trinajstić information content (AvgIpc) is 2.40. The molecular formula is C14H21NO8. The van der Waals surface area contributed by atoms with E-state index in [4.69, 9.17) is 24.7 Å². The van der Waals surface area contributed by atoms with Crippen molar-refractivity contribution in [1.82, 2.24) is 0 Å². The van der Waals surface area contributed by atoms with Crippen molar-refractivity contribution in [1.29, 1.82) is 0 Å². The van der Waals surface area contributed by atoms with Crippen LogP contribution < -0.4 is 5.73 Å². The van der Waals surface area contributed by atoms with E-state index in [-0.39, 0.29) is 12.4 Å². The zero-order valence-corrected chi connectivity index (χ0v) is 13.4. The molecule has 0 aromatic rings. The molecule has 1 heterocycles. The van der Waals surface area contributed by atoms with Crippen LogP contribution >= 0.6 is 0 Å². The van der Waals surface area contributed by atoms with Crippen LogP contribution in [0.25, 0.3) is 0 Å². The third-order valence-electron chi connectivity index (χ3n) is 3.20. The van der Waals surface area contributed by atoms with Crippen molar-refractivity contribution in [3.8, 4) is 0 Å². The minimum Gasteiger partial charge on any atom is -0.463 e. The normalized spacial score (nSPS) is 30.2. The Morgan fingerprint density at radius 2 is 1.43 bits per heavy atom. The number of hydrogen-bond acceptors (Lipinski definition) is 9.